The predicted octanol–water partition coefficient (Wildman–Crippen LogP) is 4.26. The van der Waals surface area contributed by atoms with Crippen LogP contribution >= 0.6 is 0 Å². The van der Waals surface area contributed by atoms with Crippen LogP contribution in [0, 0.1) is 0 Å². The minimum absolute atomic E-state index is 0.660. The quantitative estimate of drug-likeness (QED) is 0.467. The zero-order valence-electron chi connectivity index (χ0n) is 12.3. The SMILES string of the molecule is C=CCc1cc(C=NNc2ccccc2)ccc1OCC. The normalized spacial score (nSPS) is 10.5. The lowest BCUT2D eigenvalue weighted by Gasteiger charge is -2.09. The molecule has 3 heteroatoms. The van der Waals surface area contributed by atoms with Crippen LogP contribution in [-0.2, 0) is 6.42 Å². The Balaban J connectivity index is 2.09. The molecule has 1 N–H and O–H groups in total. The van der Waals surface area contributed by atoms with Crippen LogP contribution in [0.5, 0.6) is 5.75 Å². The number of nitrogens with one attached hydrogen (secondary N) is 1. The molecule has 0 aliphatic carbocycles. The summed E-state index contributed by atoms with van der Waals surface area (Å²) in [6, 6.07) is 15.9. The second kappa shape index (κ2) is 7.90. The molecule has 0 amide bonds. The second-order valence-corrected chi connectivity index (χ2v) is 4.53. The van der Waals surface area contributed by atoms with E-state index in [2.05, 4.69) is 23.2 Å². The van der Waals surface area contributed by atoms with Crippen molar-refractivity contribution in [3.05, 3.63) is 72.3 Å². The summed E-state index contributed by atoms with van der Waals surface area (Å²) < 4.78 is 5.61. The lowest BCUT2D eigenvalue weighted by Crippen LogP contribution is -1.98. The molecule has 0 aliphatic rings. The molecule has 0 fully saturated rings. The largest absolute Gasteiger partial charge is 0.494 e. The van der Waals surface area contributed by atoms with E-state index in [0.717, 1.165) is 29.0 Å². The van der Waals surface area contributed by atoms with E-state index in [0.29, 0.717) is 6.61 Å². The second-order valence-electron chi connectivity index (χ2n) is 4.53. The molecule has 0 heterocycles. The average Bonchev–Trinajstić information content (AvgIpc) is 2.51. The van der Waals surface area contributed by atoms with E-state index in [-0.39, 0.29) is 0 Å². The van der Waals surface area contributed by atoms with Crippen molar-refractivity contribution in [3.63, 3.8) is 0 Å². The fraction of sp³-hybridized carbons (Fsp3) is 0.167. The van der Waals surface area contributed by atoms with Crippen LogP contribution in [0.25, 0.3) is 0 Å². The van der Waals surface area contributed by atoms with E-state index < -0.39 is 0 Å². The van der Waals surface area contributed by atoms with Crippen molar-refractivity contribution >= 4 is 11.9 Å². The summed E-state index contributed by atoms with van der Waals surface area (Å²) in [4.78, 5) is 0. The summed E-state index contributed by atoms with van der Waals surface area (Å²) in [5.74, 6) is 0.908. The molecule has 2 rings (SSSR count). The third-order valence-corrected chi connectivity index (χ3v) is 2.93. The molecule has 0 unspecified atom stereocenters. The number of anilines is 1. The predicted molar refractivity (Wildman–Crippen MR) is 89.2 cm³/mol. The van der Waals surface area contributed by atoms with Gasteiger partial charge in [-0.1, -0.05) is 24.3 Å². The van der Waals surface area contributed by atoms with Crippen LogP contribution in [0.1, 0.15) is 18.1 Å². The molecular formula is C18H20N2O. The summed E-state index contributed by atoms with van der Waals surface area (Å²) in [6.07, 6.45) is 4.46. The highest BCUT2D eigenvalue weighted by Gasteiger charge is 2.02. The van der Waals surface area contributed by atoms with E-state index in [1.807, 2.05) is 55.5 Å². The number of para-hydroxylation sites is 1. The van der Waals surface area contributed by atoms with Crippen LogP contribution in [0.4, 0.5) is 5.69 Å². The zero-order valence-corrected chi connectivity index (χ0v) is 12.3. The number of hydrogen-bond donors (Lipinski definition) is 1. The first-order valence-electron chi connectivity index (χ1n) is 7.04. The zero-order chi connectivity index (χ0) is 14.9. The fourth-order valence-electron chi connectivity index (χ4n) is 1.99. The standard InChI is InChI=1S/C18H20N2O/c1-3-8-16-13-15(11-12-18(16)21-4-2)14-19-20-17-9-6-5-7-10-17/h3,5-7,9-14,20H,1,4,8H2,2H3. The van der Waals surface area contributed by atoms with E-state index >= 15 is 0 Å². The van der Waals surface area contributed by atoms with Crippen molar-refractivity contribution in [2.75, 3.05) is 12.0 Å². The Kier molecular flexibility index (Phi) is 5.59. The molecule has 2 aromatic rings. The molecule has 21 heavy (non-hydrogen) atoms. The number of allylic oxidation sites excluding steroid dienone is 1. The summed E-state index contributed by atoms with van der Waals surface area (Å²) >= 11 is 0. The number of hydrazone groups is 1. The Labute approximate surface area is 126 Å². The first kappa shape index (κ1) is 14.9. The lowest BCUT2D eigenvalue weighted by molar-refractivity contribution is 0.337. The van der Waals surface area contributed by atoms with Gasteiger partial charge in [0, 0.05) is 0 Å². The summed E-state index contributed by atoms with van der Waals surface area (Å²) in [5, 5.41) is 4.25. The van der Waals surface area contributed by atoms with E-state index in [1.165, 1.54) is 0 Å². The monoisotopic (exact) mass is 280 g/mol. The molecule has 3 nitrogen and oxygen atoms in total. The van der Waals surface area contributed by atoms with Crippen molar-refractivity contribution < 1.29 is 4.74 Å². The van der Waals surface area contributed by atoms with E-state index in [1.54, 1.807) is 6.21 Å². The van der Waals surface area contributed by atoms with Gasteiger partial charge >= 0.3 is 0 Å². The van der Waals surface area contributed by atoms with Gasteiger partial charge in [0.25, 0.3) is 0 Å². The maximum absolute atomic E-state index is 5.61. The van der Waals surface area contributed by atoms with Crippen molar-refractivity contribution in [3.8, 4) is 5.75 Å². The molecule has 2 aromatic carbocycles. The van der Waals surface area contributed by atoms with Gasteiger partial charge in [-0.3, -0.25) is 5.43 Å². The third-order valence-electron chi connectivity index (χ3n) is 2.93. The van der Waals surface area contributed by atoms with Gasteiger partial charge in [0.05, 0.1) is 18.5 Å². The van der Waals surface area contributed by atoms with E-state index in [4.69, 9.17) is 4.74 Å². The fourth-order valence-corrected chi connectivity index (χ4v) is 1.99. The highest BCUT2D eigenvalue weighted by atomic mass is 16.5. The highest BCUT2D eigenvalue weighted by Crippen LogP contribution is 2.20. The maximum atomic E-state index is 5.61. The molecular weight excluding hydrogens is 260 g/mol. The Morgan fingerprint density at radius 1 is 1.19 bits per heavy atom. The average molecular weight is 280 g/mol. The molecule has 0 saturated heterocycles. The molecule has 0 radical (unpaired) electrons. The van der Waals surface area contributed by atoms with Gasteiger partial charge in [0.15, 0.2) is 0 Å². The molecule has 0 aliphatic heterocycles. The third kappa shape index (κ3) is 4.49. The lowest BCUT2D eigenvalue weighted by atomic mass is 10.1. The maximum Gasteiger partial charge on any atom is 0.122 e. The van der Waals surface area contributed by atoms with Gasteiger partial charge < -0.3 is 4.74 Å². The molecule has 0 bridgehead atoms. The van der Waals surface area contributed by atoms with Gasteiger partial charge in [-0.15, -0.1) is 6.58 Å². The topological polar surface area (TPSA) is 33.6 Å². The van der Waals surface area contributed by atoms with Gasteiger partial charge in [-0.2, -0.15) is 5.10 Å². The Morgan fingerprint density at radius 3 is 2.71 bits per heavy atom. The highest BCUT2D eigenvalue weighted by molar-refractivity contribution is 5.81. The van der Waals surface area contributed by atoms with Crippen molar-refractivity contribution in [1.29, 1.82) is 0 Å². The van der Waals surface area contributed by atoms with Crippen LogP contribution in [-0.4, -0.2) is 12.8 Å². The Hall–Kier alpha value is -2.55. The number of benzene rings is 2. The van der Waals surface area contributed by atoms with Crippen molar-refractivity contribution in [1.82, 2.24) is 0 Å². The van der Waals surface area contributed by atoms with Crippen molar-refractivity contribution in [2.24, 2.45) is 5.10 Å². The molecule has 0 aromatic heterocycles. The van der Waals surface area contributed by atoms with Crippen LogP contribution < -0.4 is 10.2 Å². The number of rotatable bonds is 7. The molecule has 0 spiro atoms. The molecule has 0 atom stereocenters. The first-order valence-corrected chi connectivity index (χ1v) is 7.04. The summed E-state index contributed by atoms with van der Waals surface area (Å²) in [7, 11) is 0. The van der Waals surface area contributed by atoms with Gasteiger partial charge in [-0.25, -0.2) is 0 Å². The van der Waals surface area contributed by atoms with Crippen LogP contribution in [0.3, 0.4) is 0 Å². The molecule has 108 valence electrons. The van der Waals surface area contributed by atoms with Crippen LogP contribution in [0.2, 0.25) is 0 Å². The van der Waals surface area contributed by atoms with Gasteiger partial charge in [-0.05, 0) is 54.8 Å². The summed E-state index contributed by atoms with van der Waals surface area (Å²) in [5.41, 5.74) is 6.11. The Bertz CT molecular complexity index is 606. The van der Waals surface area contributed by atoms with E-state index in [9.17, 15) is 0 Å². The van der Waals surface area contributed by atoms with Gasteiger partial charge in [0.1, 0.15) is 5.75 Å². The first-order chi connectivity index (χ1) is 10.3. The van der Waals surface area contributed by atoms with Crippen molar-refractivity contribution in [2.45, 2.75) is 13.3 Å². The number of nitrogens with zero attached hydrogens (tertiary/aromatic N) is 1. The smallest absolute Gasteiger partial charge is 0.122 e. The van der Waals surface area contributed by atoms with Gasteiger partial charge in [0.2, 0.25) is 0 Å². The van der Waals surface area contributed by atoms with Crippen LogP contribution in [0.15, 0.2) is 66.3 Å². The number of ether oxygens (including phenoxy) is 1. The minimum Gasteiger partial charge on any atom is -0.494 e. The molecule has 0 saturated carbocycles. The summed E-state index contributed by atoms with van der Waals surface area (Å²) in [6.45, 7) is 6.43. The number of hydrogen-bond acceptors (Lipinski definition) is 3. The Morgan fingerprint density at radius 2 is 2.00 bits per heavy atom. The minimum atomic E-state index is 0.660.